The molecule has 0 spiro atoms. The van der Waals surface area contributed by atoms with Crippen LogP contribution in [0.25, 0.3) is 11.4 Å². The van der Waals surface area contributed by atoms with Crippen molar-refractivity contribution < 1.29 is 9.90 Å². The van der Waals surface area contributed by atoms with Crippen LogP contribution in [0.5, 0.6) is 0 Å². The first-order valence-electron chi connectivity index (χ1n) is 7.33. The Hall–Kier alpha value is -1.99. The fourth-order valence-corrected chi connectivity index (χ4v) is 3.19. The molecule has 0 saturated carbocycles. The van der Waals surface area contributed by atoms with Gasteiger partial charge in [-0.25, -0.2) is 0 Å². The second kappa shape index (κ2) is 6.85. The molecule has 7 heteroatoms. The van der Waals surface area contributed by atoms with Gasteiger partial charge in [-0.3, -0.25) is 4.79 Å². The first-order chi connectivity index (χ1) is 10.8. The number of piperidine rings is 1. The molecule has 3 rings (SSSR count). The van der Waals surface area contributed by atoms with E-state index in [2.05, 4.69) is 14.7 Å². The standard InChI is InChI=1S/C15H18N4O2S/c20-10-9-19-8-4-7-12(14(19)21)16-15-17-13(18-22-15)11-5-2-1-3-6-11/h1-3,5-6,12,20H,4,7-10H2,(H,16,17,18)/t12-/m1/s1. The van der Waals surface area contributed by atoms with E-state index >= 15 is 0 Å². The average molecular weight is 318 g/mol. The first-order valence-corrected chi connectivity index (χ1v) is 8.10. The molecule has 2 N–H and O–H groups in total. The van der Waals surface area contributed by atoms with Crippen LogP contribution in [0.2, 0.25) is 0 Å². The molecule has 116 valence electrons. The molecule has 0 bridgehead atoms. The third kappa shape index (κ3) is 3.26. The second-order valence-electron chi connectivity index (χ2n) is 5.18. The normalized spacial score (nSPS) is 18.5. The summed E-state index contributed by atoms with van der Waals surface area (Å²) < 4.78 is 4.34. The van der Waals surface area contributed by atoms with Crippen molar-refractivity contribution in [3.05, 3.63) is 30.3 Å². The molecule has 2 heterocycles. The van der Waals surface area contributed by atoms with Gasteiger partial charge in [0.25, 0.3) is 0 Å². The third-order valence-corrected chi connectivity index (χ3v) is 4.30. The second-order valence-corrected chi connectivity index (χ2v) is 5.93. The molecule has 6 nitrogen and oxygen atoms in total. The fraction of sp³-hybridized carbons (Fsp3) is 0.400. The number of amides is 1. The van der Waals surface area contributed by atoms with Gasteiger partial charge >= 0.3 is 0 Å². The summed E-state index contributed by atoms with van der Waals surface area (Å²) in [6, 6.07) is 9.48. The number of β-amino-alcohol motifs (C(OH)–C–C–N with tert-alkyl or cyclic N) is 1. The van der Waals surface area contributed by atoms with E-state index in [4.69, 9.17) is 5.11 Å². The van der Waals surface area contributed by atoms with Gasteiger partial charge in [-0.15, -0.1) is 0 Å². The number of likely N-dealkylation sites (tertiary alicyclic amines) is 1. The zero-order valence-corrected chi connectivity index (χ0v) is 12.9. The van der Waals surface area contributed by atoms with Crippen molar-refractivity contribution in [2.24, 2.45) is 0 Å². The van der Waals surface area contributed by atoms with E-state index < -0.39 is 0 Å². The summed E-state index contributed by atoms with van der Waals surface area (Å²) in [5.74, 6) is 0.695. The summed E-state index contributed by atoms with van der Waals surface area (Å²) in [7, 11) is 0. The summed E-state index contributed by atoms with van der Waals surface area (Å²) in [6.07, 6.45) is 1.70. The number of hydrogen-bond donors (Lipinski definition) is 2. The Kier molecular flexibility index (Phi) is 4.65. The molecule has 1 atom stereocenters. The van der Waals surface area contributed by atoms with E-state index in [0.717, 1.165) is 18.4 Å². The van der Waals surface area contributed by atoms with E-state index in [1.807, 2.05) is 30.3 Å². The summed E-state index contributed by atoms with van der Waals surface area (Å²) >= 11 is 1.26. The molecular weight excluding hydrogens is 300 g/mol. The lowest BCUT2D eigenvalue weighted by Crippen LogP contribution is -2.48. The molecule has 1 amide bonds. The topological polar surface area (TPSA) is 78.4 Å². The van der Waals surface area contributed by atoms with Crippen molar-refractivity contribution in [3.63, 3.8) is 0 Å². The molecule has 1 fully saturated rings. The van der Waals surface area contributed by atoms with Gasteiger partial charge in [0.2, 0.25) is 11.0 Å². The SMILES string of the molecule is O=C1[C@H](Nc2nc(-c3ccccc3)ns2)CCCN1CCO. The lowest BCUT2D eigenvalue weighted by Gasteiger charge is -2.31. The number of hydrogen-bond acceptors (Lipinski definition) is 6. The molecule has 1 saturated heterocycles. The third-order valence-electron chi connectivity index (χ3n) is 3.66. The number of nitrogens with one attached hydrogen (secondary N) is 1. The van der Waals surface area contributed by atoms with Crippen molar-refractivity contribution >= 4 is 22.6 Å². The van der Waals surface area contributed by atoms with Gasteiger partial charge < -0.3 is 15.3 Å². The minimum absolute atomic E-state index is 0.00454. The Labute approximate surface area is 133 Å². The van der Waals surface area contributed by atoms with E-state index in [-0.39, 0.29) is 18.6 Å². The fourth-order valence-electron chi connectivity index (χ4n) is 2.55. The van der Waals surface area contributed by atoms with Crippen LogP contribution in [0.15, 0.2) is 30.3 Å². The molecule has 0 unspecified atom stereocenters. The molecule has 22 heavy (non-hydrogen) atoms. The smallest absolute Gasteiger partial charge is 0.245 e. The number of aromatic nitrogens is 2. The van der Waals surface area contributed by atoms with Crippen molar-refractivity contribution in [3.8, 4) is 11.4 Å². The van der Waals surface area contributed by atoms with Gasteiger partial charge in [-0.05, 0) is 12.8 Å². The molecule has 1 aliphatic rings. The predicted octanol–water partition coefficient (Wildman–Crippen LogP) is 1.60. The van der Waals surface area contributed by atoms with Crippen LogP contribution < -0.4 is 5.32 Å². The van der Waals surface area contributed by atoms with Crippen molar-refractivity contribution in [2.75, 3.05) is 25.0 Å². The number of aliphatic hydroxyl groups excluding tert-OH is 1. The van der Waals surface area contributed by atoms with Gasteiger partial charge in [0.1, 0.15) is 6.04 Å². The Morgan fingerprint density at radius 3 is 2.95 bits per heavy atom. The van der Waals surface area contributed by atoms with Crippen molar-refractivity contribution in [1.82, 2.24) is 14.3 Å². The summed E-state index contributed by atoms with van der Waals surface area (Å²) in [6.45, 7) is 1.10. The van der Waals surface area contributed by atoms with Crippen LogP contribution in [0.4, 0.5) is 5.13 Å². The number of aliphatic hydroxyl groups is 1. The highest BCUT2D eigenvalue weighted by Gasteiger charge is 2.28. The zero-order valence-electron chi connectivity index (χ0n) is 12.1. The highest BCUT2D eigenvalue weighted by Crippen LogP contribution is 2.23. The van der Waals surface area contributed by atoms with E-state index in [9.17, 15) is 4.79 Å². The Morgan fingerprint density at radius 1 is 1.36 bits per heavy atom. The maximum atomic E-state index is 12.3. The van der Waals surface area contributed by atoms with Crippen LogP contribution in [0.1, 0.15) is 12.8 Å². The van der Waals surface area contributed by atoms with Gasteiger partial charge in [-0.2, -0.15) is 9.36 Å². The molecule has 0 radical (unpaired) electrons. The zero-order chi connectivity index (χ0) is 15.4. The number of anilines is 1. The number of rotatable bonds is 5. The number of nitrogens with zero attached hydrogens (tertiary/aromatic N) is 3. The maximum absolute atomic E-state index is 12.3. The Morgan fingerprint density at radius 2 is 2.18 bits per heavy atom. The van der Waals surface area contributed by atoms with E-state index in [1.54, 1.807) is 4.90 Å². The summed E-state index contributed by atoms with van der Waals surface area (Å²) in [4.78, 5) is 18.5. The lowest BCUT2D eigenvalue weighted by atomic mass is 10.1. The molecule has 0 aliphatic carbocycles. The van der Waals surface area contributed by atoms with Gasteiger partial charge in [0.05, 0.1) is 6.61 Å². The van der Waals surface area contributed by atoms with Crippen LogP contribution >= 0.6 is 11.5 Å². The molecular formula is C15H18N4O2S. The molecule has 2 aromatic rings. The monoisotopic (exact) mass is 318 g/mol. The summed E-state index contributed by atoms with van der Waals surface area (Å²) in [5.41, 5.74) is 0.962. The highest BCUT2D eigenvalue weighted by atomic mass is 32.1. The number of benzene rings is 1. The highest BCUT2D eigenvalue weighted by molar-refractivity contribution is 7.09. The van der Waals surface area contributed by atoms with Gasteiger partial charge in [-0.1, -0.05) is 30.3 Å². The maximum Gasteiger partial charge on any atom is 0.245 e. The first kappa shape index (κ1) is 14.9. The largest absolute Gasteiger partial charge is 0.395 e. The van der Waals surface area contributed by atoms with Gasteiger partial charge in [0.15, 0.2) is 5.82 Å². The van der Waals surface area contributed by atoms with Crippen molar-refractivity contribution in [1.29, 1.82) is 0 Å². The van der Waals surface area contributed by atoms with Crippen LogP contribution in [-0.4, -0.2) is 51.0 Å². The molecule has 1 aromatic heterocycles. The minimum Gasteiger partial charge on any atom is -0.395 e. The van der Waals surface area contributed by atoms with Crippen LogP contribution in [-0.2, 0) is 4.79 Å². The predicted molar refractivity (Wildman–Crippen MR) is 85.7 cm³/mol. The molecule has 1 aliphatic heterocycles. The number of carbonyl (C=O) groups is 1. The average Bonchev–Trinajstić information content (AvgIpc) is 3.01. The minimum atomic E-state index is -0.281. The van der Waals surface area contributed by atoms with Crippen LogP contribution in [0, 0.1) is 0 Å². The molecule has 1 aromatic carbocycles. The number of carbonyl (C=O) groups excluding carboxylic acids is 1. The quantitative estimate of drug-likeness (QED) is 0.875. The summed E-state index contributed by atoms with van der Waals surface area (Å²) in [5, 5.41) is 12.8. The lowest BCUT2D eigenvalue weighted by molar-refractivity contribution is -0.134. The Bertz CT molecular complexity index is 629. The Balaban J connectivity index is 1.68. The van der Waals surface area contributed by atoms with Crippen LogP contribution in [0.3, 0.4) is 0 Å². The van der Waals surface area contributed by atoms with Crippen molar-refractivity contribution in [2.45, 2.75) is 18.9 Å². The van der Waals surface area contributed by atoms with Gasteiger partial charge in [0, 0.05) is 30.2 Å². The van der Waals surface area contributed by atoms with E-state index in [1.165, 1.54) is 11.5 Å². The van der Waals surface area contributed by atoms with E-state index in [0.29, 0.717) is 24.0 Å².